The highest BCUT2D eigenvalue weighted by Gasteiger charge is 2.20. The summed E-state index contributed by atoms with van der Waals surface area (Å²) in [6, 6.07) is 20.7. The minimum atomic E-state index is -0.335. The predicted molar refractivity (Wildman–Crippen MR) is 173 cm³/mol. The molecule has 1 saturated heterocycles. The van der Waals surface area contributed by atoms with Crippen molar-refractivity contribution in [3.05, 3.63) is 95.9 Å². The van der Waals surface area contributed by atoms with Crippen LogP contribution in [0.15, 0.2) is 90.4 Å². The number of hydrogen-bond donors (Lipinski definition) is 2. The first-order valence-electron chi connectivity index (χ1n) is 14.5. The maximum absolute atomic E-state index is 13.9. The summed E-state index contributed by atoms with van der Waals surface area (Å²) >= 11 is 0. The Hall–Kier alpha value is -5.71. The number of aromatic nitrogens is 5. The molecule has 0 bridgehead atoms. The normalized spacial score (nSPS) is 13.3. The zero-order chi connectivity index (χ0) is 30.2. The third-order valence-corrected chi connectivity index (χ3v) is 7.87. The van der Waals surface area contributed by atoms with Crippen molar-refractivity contribution < 1.29 is 9.53 Å². The van der Waals surface area contributed by atoms with Gasteiger partial charge in [0.2, 0.25) is 17.6 Å². The summed E-state index contributed by atoms with van der Waals surface area (Å²) in [7, 11) is 1.64. The highest BCUT2D eigenvalue weighted by molar-refractivity contribution is 5.99. The number of carbonyl (C=O) groups excluding carboxylic acids is 1. The van der Waals surface area contributed by atoms with Crippen LogP contribution in [-0.4, -0.2) is 50.0 Å². The van der Waals surface area contributed by atoms with E-state index in [1.807, 2.05) is 48.5 Å². The van der Waals surface area contributed by atoms with Crippen molar-refractivity contribution in [2.75, 3.05) is 35.7 Å². The summed E-state index contributed by atoms with van der Waals surface area (Å²) in [5.41, 5.74) is 4.40. The molecule has 2 N–H and O–H groups in total. The zero-order valence-corrected chi connectivity index (χ0v) is 24.2. The maximum atomic E-state index is 13.9. The number of methoxy groups -OCH3 is 1. The van der Waals surface area contributed by atoms with Crippen LogP contribution in [0.3, 0.4) is 0 Å². The van der Waals surface area contributed by atoms with Crippen LogP contribution in [0.4, 0.5) is 23.0 Å². The Balaban J connectivity index is 1.39. The summed E-state index contributed by atoms with van der Waals surface area (Å²) in [6.07, 6.45) is 6.34. The van der Waals surface area contributed by atoms with Gasteiger partial charge in [-0.25, -0.2) is 14.4 Å². The van der Waals surface area contributed by atoms with Gasteiger partial charge >= 0.3 is 0 Å². The molecule has 0 radical (unpaired) electrons. The van der Waals surface area contributed by atoms with Crippen molar-refractivity contribution in [2.24, 2.45) is 0 Å². The summed E-state index contributed by atoms with van der Waals surface area (Å²) in [5, 5.41) is 6.39. The van der Waals surface area contributed by atoms with Crippen LogP contribution in [0, 0.1) is 0 Å². The second kappa shape index (κ2) is 11.2. The van der Waals surface area contributed by atoms with Crippen molar-refractivity contribution in [3.8, 4) is 11.4 Å². The number of hydrogen-bond acceptors (Lipinski definition) is 8. The Morgan fingerprint density at radius 3 is 2.64 bits per heavy atom. The number of fused-ring (bicyclic) bond motifs is 4. The molecule has 0 unspecified atom stereocenters. The molecule has 0 atom stereocenters. The fourth-order valence-electron chi connectivity index (χ4n) is 5.74. The number of anilines is 4. The molecule has 3 aromatic heterocycles. The lowest BCUT2D eigenvalue weighted by Gasteiger charge is -2.29. The van der Waals surface area contributed by atoms with Crippen molar-refractivity contribution in [1.29, 1.82) is 0 Å². The van der Waals surface area contributed by atoms with E-state index in [2.05, 4.69) is 33.2 Å². The van der Waals surface area contributed by atoms with Crippen molar-refractivity contribution in [1.82, 2.24) is 23.9 Å². The highest BCUT2D eigenvalue weighted by atomic mass is 16.5. The van der Waals surface area contributed by atoms with E-state index in [0.717, 1.165) is 18.8 Å². The van der Waals surface area contributed by atoms with Gasteiger partial charge in [0.15, 0.2) is 5.65 Å². The van der Waals surface area contributed by atoms with E-state index in [1.54, 1.807) is 28.2 Å². The number of para-hydroxylation sites is 2. The van der Waals surface area contributed by atoms with E-state index in [0.29, 0.717) is 50.7 Å². The Labute approximate surface area is 252 Å². The monoisotopic (exact) mass is 586 g/mol. The summed E-state index contributed by atoms with van der Waals surface area (Å²) in [6.45, 7) is 5.59. The number of nitrogens with one attached hydrogen (secondary N) is 2. The summed E-state index contributed by atoms with van der Waals surface area (Å²) < 4.78 is 9.10. The van der Waals surface area contributed by atoms with Gasteiger partial charge in [-0.15, -0.1) is 0 Å². The number of benzene rings is 3. The molecule has 1 aliphatic rings. The van der Waals surface area contributed by atoms with E-state index >= 15 is 0 Å². The molecule has 0 spiro atoms. The first kappa shape index (κ1) is 27.1. The van der Waals surface area contributed by atoms with Gasteiger partial charge in [0.1, 0.15) is 11.1 Å². The number of carbonyl (C=O) groups is 1. The molecule has 220 valence electrons. The van der Waals surface area contributed by atoms with Gasteiger partial charge in [0, 0.05) is 36.7 Å². The van der Waals surface area contributed by atoms with Crippen LogP contribution >= 0.6 is 0 Å². The molecule has 11 nitrogen and oxygen atoms in total. The summed E-state index contributed by atoms with van der Waals surface area (Å²) in [5.74, 6) is 0.989. The van der Waals surface area contributed by atoms with Crippen LogP contribution in [0.5, 0.6) is 5.75 Å². The van der Waals surface area contributed by atoms with Crippen molar-refractivity contribution >= 4 is 56.8 Å². The van der Waals surface area contributed by atoms with Crippen LogP contribution in [0.1, 0.15) is 19.3 Å². The molecule has 1 amide bonds. The van der Waals surface area contributed by atoms with Crippen molar-refractivity contribution in [3.63, 3.8) is 0 Å². The lowest BCUT2D eigenvalue weighted by Crippen LogP contribution is -2.29. The van der Waals surface area contributed by atoms with Crippen LogP contribution in [0.25, 0.3) is 33.5 Å². The molecule has 11 heteroatoms. The first-order valence-corrected chi connectivity index (χ1v) is 14.5. The molecular formula is C33H30N8O3. The molecule has 1 fully saturated rings. The molecule has 0 saturated carbocycles. The Morgan fingerprint density at radius 2 is 1.82 bits per heavy atom. The molecular weight excluding hydrogens is 556 g/mol. The van der Waals surface area contributed by atoms with Crippen LogP contribution < -0.4 is 25.8 Å². The van der Waals surface area contributed by atoms with Gasteiger partial charge in [-0.2, -0.15) is 4.98 Å². The first-order chi connectivity index (χ1) is 21.5. The van der Waals surface area contributed by atoms with Crippen LogP contribution in [0.2, 0.25) is 0 Å². The zero-order valence-electron chi connectivity index (χ0n) is 24.2. The Bertz CT molecular complexity index is 2130. The van der Waals surface area contributed by atoms with E-state index in [1.165, 1.54) is 31.5 Å². The number of piperidine rings is 1. The van der Waals surface area contributed by atoms with Gasteiger partial charge in [0.25, 0.3) is 5.56 Å². The second-order valence-electron chi connectivity index (χ2n) is 10.6. The van der Waals surface area contributed by atoms with Gasteiger partial charge in [-0.3, -0.25) is 14.2 Å². The molecule has 6 aromatic rings. The molecule has 44 heavy (non-hydrogen) atoms. The number of nitrogens with zero attached hydrogens (tertiary/aromatic N) is 6. The third-order valence-electron chi connectivity index (χ3n) is 7.87. The molecule has 4 heterocycles. The number of ether oxygens (including phenoxy) is 1. The standard InChI is InChI=1S/C33H30N8O3/c1-3-29(42)35-21-10-9-11-23(18-21)40-30-24(31(43)41-27-13-6-5-12-25(27)37-33(40)41)20-34-32(38-30)36-26-15-14-22(19-28(26)44-2)39-16-7-4-8-17-39/h3,5-6,9-15,18-20H,1,4,7-8,16-17H2,2H3,(H,35,42)(H,34,36,38). The predicted octanol–water partition coefficient (Wildman–Crippen LogP) is 5.45. The van der Waals surface area contributed by atoms with Gasteiger partial charge in [-0.1, -0.05) is 24.8 Å². The van der Waals surface area contributed by atoms with E-state index < -0.39 is 0 Å². The number of amides is 1. The highest BCUT2D eigenvalue weighted by Crippen LogP contribution is 2.33. The van der Waals surface area contributed by atoms with E-state index in [9.17, 15) is 9.59 Å². The molecule has 3 aromatic carbocycles. The Morgan fingerprint density at radius 1 is 0.977 bits per heavy atom. The minimum absolute atomic E-state index is 0.284. The Kier molecular flexibility index (Phi) is 6.89. The van der Waals surface area contributed by atoms with Crippen molar-refractivity contribution in [2.45, 2.75) is 19.3 Å². The molecule has 1 aliphatic heterocycles. The lowest BCUT2D eigenvalue weighted by molar-refractivity contribution is -0.111. The average molecular weight is 587 g/mol. The van der Waals surface area contributed by atoms with Gasteiger partial charge < -0.3 is 20.3 Å². The number of rotatable bonds is 7. The fraction of sp³-hybridized carbons (Fsp3) is 0.182. The van der Waals surface area contributed by atoms with Gasteiger partial charge in [0.05, 0.1) is 29.5 Å². The average Bonchev–Trinajstić information content (AvgIpc) is 3.45. The SMILES string of the molecule is C=CC(=O)Nc1cccc(-n2c3nc(Nc4ccc(N5CCCCC5)cc4OC)ncc3c(=O)n3c4ccccc4nc23)c1. The van der Waals surface area contributed by atoms with E-state index in [4.69, 9.17) is 14.7 Å². The maximum Gasteiger partial charge on any atom is 0.270 e. The lowest BCUT2D eigenvalue weighted by atomic mass is 10.1. The third kappa shape index (κ3) is 4.77. The quantitative estimate of drug-likeness (QED) is 0.237. The largest absolute Gasteiger partial charge is 0.494 e. The fourth-order valence-corrected chi connectivity index (χ4v) is 5.74. The van der Waals surface area contributed by atoms with Crippen LogP contribution in [-0.2, 0) is 4.79 Å². The van der Waals surface area contributed by atoms with Gasteiger partial charge in [-0.05, 0) is 67.8 Å². The number of imidazole rings is 1. The second-order valence-corrected chi connectivity index (χ2v) is 10.6. The topological polar surface area (TPSA) is 119 Å². The smallest absolute Gasteiger partial charge is 0.270 e. The molecule has 0 aliphatic carbocycles. The summed E-state index contributed by atoms with van der Waals surface area (Å²) in [4.78, 5) is 42.5. The minimum Gasteiger partial charge on any atom is -0.494 e. The van der Waals surface area contributed by atoms with E-state index in [-0.39, 0.29) is 17.4 Å². The molecule has 7 rings (SSSR count).